The van der Waals surface area contributed by atoms with Crippen molar-refractivity contribution in [1.82, 2.24) is 0 Å². The van der Waals surface area contributed by atoms with E-state index in [2.05, 4.69) is 24.8 Å². The molecule has 1 aliphatic rings. The van der Waals surface area contributed by atoms with Gasteiger partial charge >= 0.3 is 0 Å². The third-order valence-electron chi connectivity index (χ3n) is 3.82. The first-order valence-corrected chi connectivity index (χ1v) is 6.73. The van der Waals surface area contributed by atoms with Crippen LogP contribution in [0.1, 0.15) is 19.4 Å². The summed E-state index contributed by atoms with van der Waals surface area (Å²) in [5.74, 6) is 1.50. The van der Waals surface area contributed by atoms with Crippen LogP contribution in [-0.4, -0.2) is 19.6 Å². The van der Waals surface area contributed by atoms with Gasteiger partial charge in [0.05, 0.1) is 0 Å². The molecule has 0 radical (unpaired) electrons. The molecule has 2 unspecified atom stereocenters. The second-order valence-electron chi connectivity index (χ2n) is 5.14. The third kappa shape index (κ3) is 2.58. The highest BCUT2D eigenvalue weighted by Gasteiger charge is 2.27. The Balaban J connectivity index is 2.29. The molecule has 2 atom stereocenters. The molecule has 0 amide bonds. The van der Waals surface area contributed by atoms with Gasteiger partial charge in [-0.25, -0.2) is 0 Å². The number of rotatable bonds is 3. The van der Waals surface area contributed by atoms with E-state index in [0.29, 0.717) is 6.54 Å². The molecule has 0 bridgehead atoms. The molecule has 0 saturated carbocycles. The molecule has 0 aliphatic carbocycles. The predicted molar refractivity (Wildman–Crippen MR) is 74.8 cm³/mol. The van der Waals surface area contributed by atoms with Crippen molar-refractivity contribution in [3.8, 4) is 0 Å². The lowest BCUT2D eigenvalue weighted by Crippen LogP contribution is -2.22. The van der Waals surface area contributed by atoms with Gasteiger partial charge in [0, 0.05) is 23.8 Å². The van der Waals surface area contributed by atoms with Gasteiger partial charge in [0.25, 0.3) is 0 Å². The third-order valence-corrected chi connectivity index (χ3v) is 4.17. The molecule has 17 heavy (non-hydrogen) atoms. The van der Waals surface area contributed by atoms with Gasteiger partial charge in [-0.15, -0.1) is 0 Å². The summed E-state index contributed by atoms with van der Waals surface area (Å²) < 4.78 is 0. The number of anilines is 1. The van der Waals surface area contributed by atoms with Crippen LogP contribution < -0.4 is 10.6 Å². The van der Waals surface area contributed by atoms with E-state index in [9.17, 15) is 0 Å². The zero-order valence-corrected chi connectivity index (χ0v) is 11.4. The Morgan fingerprint density at radius 3 is 2.53 bits per heavy atom. The Morgan fingerprint density at radius 1 is 1.29 bits per heavy atom. The van der Waals surface area contributed by atoms with Crippen LogP contribution in [0.15, 0.2) is 18.2 Å². The Bertz CT molecular complexity index is 382. The average molecular weight is 253 g/mol. The summed E-state index contributed by atoms with van der Waals surface area (Å²) in [6.45, 7) is 7.53. The van der Waals surface area contributed by atoms with E-state index in [1.165, 1.54) is 11.3 Å². The van der Waals surface area contributed by atoms with Crippen molar-refractivity contribution >= 4 is 17.3 Å². The van der Waals surface area contributed by atoms with Crippen LogP contribution in [0.2, 0.25) is 5.02 Å². The van der Waals surface area contributed by atoms with Crippen molar-refractivity contribution in [2.24, 2.45) is 17.6 Å². The molecular formula is C14H21ClN2. The second-order valence-corrected chi connectivity index (χ2v) is 5.54. The molecule has 3 heteroatoms. The normalized spacial score (nSPS) is 24.4. The number of hydrogen-bond donors (Lipinski definition) is 1. The smallest absolute Gasteiger partial charge is 0.0459 e. The van der Waals surface area contributed by atoms with Crippen molar-refractivity contribution in [1.29, 1.82) is 0 Å². The van der Waals surface area contributed by atoms with Gasteiger partial charge in [0.1, 0.15) is 0 Å². The maximum Gasteiger partial charge on any atom is 0.0459 e. The molecule has 2 rings (SSSR count). The fourth-order valence-corrected chi connectivity index (χ4v) is 2.83. The summed E-state index contributed by atoms with van der Waals surface area (Å²) in [5.41, 5.74) is 8.16. The van der Waals surface area contributed by atoms with E-state index in [4.69, 9.17) is 17.3 Å². The van der Waals surface area contributed by atoms with Gasteiger partial charge < -0.3 is 10.6 Å². The second kappa shape index (κ2) is 5.28. The number of benzene rings is 1. The monoisotopic (exact) mass is 252 g/mol. The Hall–Kier alpha value is -0.730. The first kappa shape index (κ1) is 12.7. The van der Waals surface area contributed by atoms with E-state index in [1.807, 2.05) is 12.1 Å². The van der Waals surface area contributed by atoms with Crippen LogP contribution in [0, 0.1) is 11.8 Å². The predicted octanol–water partition coefficient (Wildman–Crippen LogP) is 2.93. The molecule has 1 aliphatic heterocycles. The standard InChI is InChI=1S/C14H21ClN2/c1-10-8-17(9-11(10)2)14-5-3-4-13(15)12(14)6-7-16/h3-5,10-11H,6-9,16H2,1-2H3. The van der Waals surface area contributed by atoms with Crippen molar-refractivity contribution in [2.75, 3.05) is 24.5 Å². The van der Waals surface area contributed by atoms with Gasteiger partial charge in [0.2, 0.25) is 0 Å². The zero-order valence-electron chi connectivity index (χ0n) is 10.6. The molecule has 1 saturated heterocycles. The van der Waals surface area contributed by atoms with E-state index in [0.717, 1.165) is 36.4 Å². The Morgan fingerprint density at radius 2 is 1.94 bits per heavy atom. The molecule has 1 fully saturated rings. The first-order chi connectivity index (χ1) is 8.13. The van der Waals surface area contributed by atoms with E-state index in [-0.39, 0.29) is 0 Å². The van der Waals surface area contributed by atoms with Crippen LogP contribution in [0.25, 0.3) is 0 Å². The summed E-state index contributed by atoms with van der Waals surface area (Å²) in [5, 5.41) is 0.847. The van der Waals surface area contributed by atoms with Gasteiger partial charge in [-0.3, -0.25) is 0 Å². The van der Waals surface area contributed by atoms with Gasteiger partial charge in [-0.2, -0.15) is 0 Å². The number of nitrogens with zero attached hydrogens (tertiary/aromatic N) is 1. The fraction of sp³-hybridized carbons (Fsp3) is 0.571. The lowest BCUT2D eigenvalue weighted by atomic mass is 10.0. The highest BCUT2D eigenvalue weighted by molar-refractivity contribution is 6.31. The van der Waals surface area contributed by atoms with E-state index >= 15 is 0 Å². The molecule has 94 valence electrons. The zero-order chi connectivity index (χ0) is 12.4. The number of hydrogen-bond acceptors (Lipinski definition) is 2. The Kier molecular flexibility index (Phi) is 3.95. The maximum absolute atomic E-state index is 6.28. The molecule has 1 aromatic carbocycles. The van der Waals surface area contributed by atoms with Crippen molar-refractivity contribution in [3.63, 3.8) is 0 Å². The van der Waals surface area contributed by atoms with Crippen LogP contribution in [0.5, 0.6) is 0 Å². The molecule has 1 aromatic rings. The summed E-state index contributed by atoms with van der Waals surface area (Å²) in [6.07, 6.45) is 0.855. The van der Waals surface area contributed by atoms with Gasteiger partial charge in [0.15, 0.2) is 0 Å². The highest BCUT2D eigenvalue weighted by Crippen LogP contribution is 2.33. The van der Waals surface area contributed by atoms with E-state index < -0.39 is 0 Å². The van der Waals surface area contributed by atoms with Crippen LogP contribution >= 0.6 is 11.6 Å². The van der Waals surface area contributed by atoms with Crippen molar-refractivity contribution in [2.45, 2.75) is 20.3 Å². The highest BCUT2D eigenvalue weighted by atomic mass is 35.5. The lowest BCUT2D eigenvalue weighted by molar-refractivity contribution is 0.494. The topological polar surface area (TPSA) is 29.3 Å². The SMILES string of the molecule is CC1CN(c2cccc(Cl)c2CCN)CC1C. The first-order valence-electron chi connectivity index (χ1n) is 6.36. The molecule has 0 spiro atoms. The molecular weight excluding hydrogens is 232 g/mol. The Labute approximate surface area is 109 Å². The average Bonchev–Trinajstić information content (AvgIpc) is 2.62. The maximum atomic E-state index is 6.28. The molecule has 2 N–H and O–H groups in total. The minimum Gasteiger partial charge on any atom is -0.371 e. The summed E-state index contributed by atoms with van der Waals surface area (Å²) in [7, 11) is 0. The fourth-order valence-electron chi connectivity index (χ4n) is 2.56. The molecule has 2 nitrogen and oxygen atoms in total. The lowest BCUT2D eigenvalue weighted by Gasteiger charge is -2.22. The van der Waals surface area contributed by atoms with Crippen molar-refractivity contribution in [3.05, 3.63) is 28.8 Å². The largest absolute Gasteiger partial charge is 0.371 e. The minimum absolute atomic E-state index is 0.648. The van der Waals surface area contributed by atoms with E-state index in [1.54, 1.807) is 0 Å². The van der Waals surface area contributed by atoms with Crippen LogP contribution in [0.3, 0.4) is 0 Å². The summed E-state index contributed by atoms with van der Waals surface area (Å²) in [6, 6.07) is 6.16. The van der Waals surface area contributed by atoms with Crippen LogP contribution in [-0.2, 0) is 6.42 Å². The summed E-state index contributed by atoms with van der Waals surface area (Å²) in [4.78, 5) is 2.45. The number of halogens is 1. The van der Waals surface area contributed by atoms with Gasteiger partial charge in [-0.1, -0.05) is 31.5 Å². The minimum atomic E-state index is 0.648. The summed E-state index contributed by atoms with van der Waals surface area (Å²) >= 11 is 6.28. The van der Waals surface area contributed by atoms with Crippen LogP contribution in [0.4, 0.5) is 5.69 Å². The number of nitrogens with two attached hydrogens (primary N) is 1. The van der Waals surface area contributed by atoms with Gasteiger partial charge in [-0.05, 0) is 42.5 Å². The molecule has 1 heterocycles. The molecule has 0 aromatic heterocycles. The van der Waals surface area contributed by atoms with Crippen molar-refractivity contribution < 1.29 is 0 Å². The quantitative estimate of drug-likeness (QED) is 0.896.